The molecule has 1 aromatic carbocycles. The standard InChI is InChI=1S/C17H24F2N4O2/c1-4-25-15-9-12(7-8-14(15)24)6-5-11(2)20-10-13-16(17(18)19)23(3)22-21-13/h7-9,11,17,20,24H,4-6,10H2,1-3H3. The van der Waals surface area contributed by atoms with Crippen LogP contribution in [0.3, 0.4) is 0 Å². The van der Waals surface area contributed by atoms with Crippen LogP contribution in [0.25, 0.3) is 0 Å². The van der Waals surface area contributed by atoms with Crippen LogP contribution in [0.15, 0.2) is 18.2 Å². The van der Waals surface area contributed by atoms with Crippen molar-refractivity contribution in [3.05, 3.63) is 35.2 Å². The van der Waals surface area contributed by atoms with Gasteiger partial charge in [0.2, 0.25) is 0 Å². The number of rotatable bonds is 9. The van der Waals surface area contributed by atoms with Crippen molar-refractivity contribution in [1.29, 1.82) is 0 Å². The average Bonchev–Trinajstić information content (AvgIpc) is 2.94. The predicted octanol–water partition coefficient (Wildman–Crippen LogP) is 2.97. The van der Waals surface area contributed by atoms with Gasteiger partial charge >= 0.3 is 0 Å². The molecule has 1 atom stereocenters. The van der Waals surface area contributed by atoms with Crippen LogP contribution >= 0.6 is 0 Å². The fraction of sp³-hybridized carbons (Fsp3) is 0.529. The van der Waals surface area contributed by atoms with E-state index in [0.29, 0.717) is 12.4 Å². The molecule has 0 bridgehead atoms. The van der Waals surface area contributed by atoms with E-state index in [-0.39, 0.29) is 29.7 Å². The topological polar surface area (TPSA) is 72.2 Å². The maximum atomic E-state index is 13.0. The Kier molecular flexibility index (Phi) is 6.69. The number of phenolic OH excluding ortho intramolecular Hbond substituents is 1. The number of aromatic hydroxyl groups is 1. The molecule has 0 fully saturated rings. The zero-order valence-electron chi connectivity index (χ0n) is 14.7. The van der Waals surface area contributed by atoms with Gasteiger partial charge in [-0.15, -0.1) is 5.10 Å². The summed E-state index contributed by atoms with van der Waals surface area (Å²) in [5.74, 6) is 0.598. The summed E-state index contributed by atoms with van der Waals surface area (Å²) in [4.78, 5) is 0. The Hall–Kier alpha value is -2.22. The first-order valence-electron chi connectivity index (χ1n) is 8.27. The fourth-order valence-corrected chi connectivity index (χ4v) is 2.54. The minimum atomic E-state index is -2.60. The van der Waals surface area contributed by atoms with Crippen LogP contribution in [0.2, 0.25) is 0 Å². The molecule has 0 spiro atoms. The van der Waals surface area contributed by atoms with Gasteiger partial charge in [-0.3, -0.25) is 0 Å². The minimum absolute atomic E-state index is 0.108. The van der Waals surface area contributed by atoms with Crippen molar-refractivity contribution in [3.63, 3.8) is 0 Å². The van der Waals surface area contributed by atoms with Crippen LogP contribution in [0.4, 0.5) is 8.78 Å². The summed E-state index contributed by atoms with van der Waals surface area (Å²) in [5, 5.41) is 20.4. The molecule has 6 nitrogen and oxygen atoms in total. The molecule has 0 saturated carbocycles. The lowest BCUT2D eigenvalue weighted by Gasteiger charge is -2.14. The van der Waals surface area contributed by atoms with Crippen LogP contribution in [-0.2, 0) is 20.0 Å². The molecule has 25 heavy (non-hydrogen) atoms. The zero-order valence-corrected chi connectivity index (χ0v) is 14.7. The lowest BCUT2D eigenvalue weighted by molar-refractivity contribution is 0.139. The number of hydrogen-bond donors (Lipinski definition) is 2. The molecule has 0 saturated heterocycles. The summed E-state index contributed by atoms with van der Waals surface area (Å²) >= 11 is 0. The summed E-state index contributed by atoms with van der Waals surface area (Å²) in [6.45, 7) is 4.58. The highest BCUT2D eigenvalue weighted by atomic mass is 19.3. The highest BCUT2D eigenvalue weighted by Gasteiger charge is 2.20. The summed E-state index contributed by atoms with van der Waals surface area (Å²) in [7, 11) is 1.46. The van der Waals surface area contributed by atoms with E-state index in [2.05, 4.69) is 15.6 Å². The smallest absolute Gasteiger partial charge is 0.281 e. The van der Waals surface area contributed by atoms with E-state index < -0.39 is 6.43 Å². The fourth-order valence-electron chi connectivity index (χ4n) is 2.54. The number of nitrogens with zero attached hydrogens (tertiary/aromatic N) is 3. The van der Waals surface area contributed by atoms with E-state index in [9.17, 15) is 13.9 Å². The van der Waals surface area contributed by atoms with Gasteiger partial charge in [0.15, 0.2) is 11.5 Å². The van der Waals surface area contributed by atoms with E-state index in [0.717, 1.165) is 23.1 Å². The van der Waals surface area contributed by atoms with Gasteiger partial charge in [0.05, 0.1) is 6.61 Å². The second kappa shape index (κ2) is 8.75. The highest BCUT2D eigenvalue weighted by Crippen LogP contribution is 2.27. The molecular formula is C17H24F2N4O2. The molecule has 1 unspecified atom stereocenters. The normalized spacial score (nSPS) is 12.6. The lowest BCUT2D eigenvalue weighted by atomic mass is 10.1. The molecule has 0 amide bonds. The molecule has 0 aliphatic rings. The second-order valence-electron chi connectivity index (χ2n) is 5.90. The van der Waals surface area contributed by atoms with Crippen molar-refractivity contribution < 1.29 is 18.6 Å². The Morgan fingerprint density at radius 1 is 1.36 bits per heavy atom. The second-order valence-corrected chi connectivity index (χ2v) is 5.90. The number of phenols is 1. The number of aromatic nitrogens is 3. The number of halogens is 2. The van der Waals surface area contributed by atoms with Gasteiger partial charge in [0.25, 0.3) is 6.43 Å². The Morgan fingerprint density at radius 3 is 2.80 bits per heavy atom. The van der Waals surface area contributed by atoms with Crippen molar-refractivity contribution in [2.75, 3.05) is 6.61 Å². The van der Waals surface area contributed by atoms with Gasteiger partial charge in [0.1, 0.15) is 11.4 Å². The van der Waals surface area contributed by atoms with Crippen LogP contribution in [-0.4, -0.2) is 32.7 Å². The predicted molar refractivity (Wildman–Crippen MR) is 89.9 cm³/mol. The number of nitrogens with one attached hydrogen (secondary N) is 1. The van der Waals surface area contributed by atoms with E-state index >= 15 is 0 Å². The number of alkyl halides is 2. The van der Waals surface area contributed by atoms with E-state index in [1.165, 1.54) is 7.05 Å². The maximum absolute atomic E-state index is 13.0. The van der Waals surface area contributed by atoms with Crippen LogP contribution in [0.1, 0.15) is 43.6 Å². The molecule has 0 radical (unpaired) electrons. The number of ether oxygens (including phenoxy) is 1. The third-order valence-corrected chi connectivity index (χ3v) is 3.96. The van der Waals surface area contributed by atoms with Crippen LogP contribution in [0.5, 0.6) is 11.5 Å². The molecular weight excluding hydrogens is 330 g/mol. The van der Waals surface area contributed by atoms with Crippen molar-refractivity contribution in [1.82, 2.24) is 20.3 Å². The van der Waals surface area contributed by atoms with Gasteiger partial charge in [-0.2, -0.15) is 0 Å². The molecule has 2 rings (SSSR count). The molecule has 138 valence electrons. The quantitative estimate of drug-likeness (QED) is 0.724. The van der Waals surface area contributed by atoms with Crippen molar-refractivity contribution in [3.8, 4) is 11.5 Å². The lowest BCUT2D eigenvalue weighted by Crippen LogP contribution is -2.26. The zero-order chi connectivity index (χ0) is 18.4. The van der Waals surface area contributed by atoms with Gasteiger partial charge in [-0.05, 0) is 44.4 Å². The maximum Gasteiger partial charge on any atom is 0.281 e. The van der Waals surface area contributed by atoms with Gasteiger partial charge < -0.3 is 15.2 Å². The van der Waals surface area contributed by atoms with Crippen LogP contribution in [0, 0.1) is 0 Å². The first kappa shape index (κ1) is 19.1. The Morgan fingerprint density at radius 2 is 2.12 bits per heavy atom. The SMILES string of the molecule is CCOc1cc(CCC(C)NCc2nnn(C)c2C(F)F)ccc1O. The van der Waals surface area contributed by atoms with Crippen LogP contribution < -0.4 is 10.1 Å². The Bertz CT molecular complexity index is 691. The monoisotopic (exact) mass is 354 g/mol. The van der Waals surface area contributed by atoms with Crippen molar-refractivity contribution in [2.45, 2.75) is 45.7 Å². The van der Waals surface area contributed by atoms with Gasteiger partial charge in [-0.25, -0.2) is 13.5 Å². The van der Waals surface area contributed by atoms with Crippen molar-refractivity contribution in [2.24, 2.45) is 7.05 Å². The van der Waals surface area contributed by atoms with Gasteiger partial charge in [0, 0.05) is 19.6 Å². The number of benzene rings is 1. The summed E-state index contributed by atoms with van der Waals surface area (Å²) in [6, 6.07) is 5.40. The molecule has 2 N–H and O–H groups in total. The molecule has 0 aliphatic heterocycles. The Labute approximate surface area is 145 Å². The average molecular weight is 354 g/mol. The third kappa shape index (κ3) is 5.12. The van der Waals surface area contributed by atoms with E-state index in [1.54, 1.807) is 6.07 Å². The van der Waals surface area contributed by atoms with Crippen molar-refractivity contribution >= 4 is 0 Å². The minimum Gasteiger partial charge on any atom is -0.504 e. The summed E-state index contributed by atoms with van der Waals surface area (Å²) in [5.41, 5.74) is 1.16. The molecule has 2 aromatic rings. The molecule has 8 heteroatoms. The largest absolute Gasteiger partial charge is 0.504 e. The summed E-state index contributed by atoms with van der Waals surface area (Å²) in [6.07, 6.45) is -1.02. The highest BCUT2D eigenvalue weighted by molar-refractivity contribution is 5.41. The number of hydrogen-bond acceptors (Lipinski definition) is 5. The summed E-state index contributed by atoms with van der Waals surface area (Å²) < 4.78 is 32.5. The first-order chi connectivity index (χ1) is 11.9. The first-order valence-corrected chi connectivity index (χ1v) is 8.27. The Balaban J connectivity index is 1.87. The molecule has 1 heterocycles. The van der Waals surface area contributed by atoms with E-state index in [1.807, 2.05) is 26.0 Å². The number of aryl methyl sites for hydroxylation is 2. The van der Waals surface area contributed by atoms with E-state index in [4.69, 9.17) is 4.74 Å². The van der Waals surface area contributed by atoms with Gasteiger partial charge in [-0.1, -0.05) is 11.3 Å². The molecule has 0 aliphatic carbocycles. The third-order valence-electron chi connectivity index (χ3n) is 3.96. The molecule has 1 aromatic heterocycles.